The maximum atomic E-state index is 12.1. The minimum atomic E-state index is -2.39. The van der Waals surface area contributed by atoms with Crippen molar-refractivity contribution in [3.63, 3.8) is 0 Å². The highest BCUT2D eigenvalue weighted by Gasteiger charge is 2.63. The number of hydrogen-bond donors (Lipinski definition) is 3. The molecule has 0 aromatic heterocycles. The molecule has 0 amide bonds. The van der Waals surface area contributed by atoms with Gasteiger partial charge < -0.3 is 34.7 Å². The lowest BCUT2D eigenvalue weighted by Crippen LogP contribution is -2.63. The Morgan fingerprint density at radius 3 is 2.44 bits per heavy atom. The highest BCUT2D eigenvalue weighted by atomic mass is 31.1. The largest absolute Gasteiger partial charge is 0.394 e. The second-order valence-corrected chi connectivity index (χ2v) is 10.8. The first-order chi connectivity index (χ1) is 12.4. The molecule has 1 aliphatic heterocycles. The molecule has 1 aliphatic carbocycles. The van der Waals surface area contributed by atoms with E-state index in [2.05, 4.69) is 13.8 Å². The molecule has 2 fully saturated rings. The van der Waals surface area contributed by atoms with Crippen molar-refractivity contribution in [1.82, 2.24) is 0 Å². The quantitative estimate of drug-likeness (QED) is 0.487. The summed E-state index contributed by atoms with van der Waals surface area (Å²) in [5.41, 5.74) is 5.48. The fourth-order valence-electron chi connectivity index (χ4n) is 3.53. The van der Waals surface area contributed by atoms with Crippen LogP contribution in [0.2, 0.25) is 0 Å². The molecule has 0 bridgehead atoms. The van der Waals surface area contributed by atoms with E-state index in [9.17, 15) is 14.8 Å². The van der Waals surface area contributed by atoms with Crippen molar-refractivity contribution in [2.45, 2.75) is 96.0 Å². The first-order valence-corrected chi connectivity index (χ1v) is 11.0. The van der Waals surface area contributed by atoms with Gasteiger partial charge in [0.2, 0.25) is 0 Å². The molecule has 0 spiro atoms. The van der Waals surface area contributed by atoms with Crippen LogP contribution in [-0.4, -0.2) is 71.4 Å². The number of hydrogen-bond acceptors (Lipinski definition) is 8. The van der Waals surface area contributed by atoms with Crippen LogP contribution in [0, 0.1) is 5.41 Å². The SMILES string of the molecule is CC(C)OC1(C)CC1(C)COC1OC(CO)C(O[PH](=O)C(C)C)C(O)C1N. The molecule has 8 atom stereocenters. The average molecular weight is 409 g/mol. The van der Waals surface area contributed by atoms with Gasteiger partial charge in [-0.1, -0.05) is 20.8 Å². The lowest BCUT2D eigenvalue weighted by molar-refractivity contribution is -0.265. The van der Waals surface area contributed by atoms with Crippen LogP contribution in [-0.2, 0) is 23.3 Å². The number of nitrogens with two attached hydrogens (primary N) is 1. The van der Waals surface area contributed by atoms with Crippen molar-refractivity contribution in [3.8, 4) is 0 Å². The Morgan fingerprint density at radius 1 is 1.30 bits per heavy atom. The van der Waals surface area contributed by atoms with Gasteiger partial charge in [0.15, 0.2) is 14.3 Å². The molecule has 8 unspecified atom stereocenters. The number of rotatable bonds is 9. The molecular weight excluding hydrogens is 373 g/mol. The van der Waals surface area contributed by atoms with Crippen LogP contribution < -0.4 is 5.73 Å². The normalized spacial score (nSPS) is 43.3. The standard InChI is InChI=1S/C18H36NO7P/c1-10(2)25-18(6)8-17(18,5)9-23-16-13(19)14(21)15(12(7-20)24-16)26-27(22)11(3)4/h10-16,20-21,27H,7-9,19H2,1-6H3. The number of ether oxygens (including phenoxy) is 3. The van der Waals surface area contributed by atoms with Gasteiger partial charge in [-0.15, -0.1) is 0 Å². The summed E-state index contributed by atoms with van der Waals surface area (Å²) >= 11 is 0. The smallest absolute Gasteiger partial charge is 0.194 e. The predicted molar refractivity (Wildman–Crippen MR) is 102 cm³/mol. The van der Waals surface area contributed by atoms with E-state index in [1.54, 1.807) is 13.8 Å². The summed E-state index contributed by atoms with van der Waals surface area (Å²) in [6.07, 6.45) is -2.88. The van der Waals surface area contributed by atoms with Crippen molar-refractivity contribution in [3.05, 3.63) is 0 Å². The fourth-order valence-corrected chi connectivity index (χ4v) is 4.36. The molecule has 9 heteroatoms. The van der Waals surface area contributed by atoms with Gasteiger partial charge in [0.25, 0.3) is 0 Å². The molecule has 1 saturated carbocycles. The van der Waals surface area contributed by atoms with Crippen molar-refractivity contribution < 1.29 is 33.5 Å². The van der Waals surface area contributed by atoms with Gasteiger partial charge in [-0.05, 0) is 27.2 Å². The van der Waals surface area contributed by atoms with E-state index >= 15 is 0 Å². The molecular formula is C18H36NO7P. The Morgan fingerprint density at radius 2 is 1.93 bits per heavy atom. The molecule has 2 rings (SSSR count). The van der Waals surface area contributed by atoms with Gasteiger partial charge in [-0.25, -0.2) is 0 Å². The zero-order valence-electron chi connectivity index (χ0n) is 17.2. The van der Waals surface area contributed by atoms with Crippen LogP contribution in [0.15, 0.2) is 0 Å². The zero-order valence-corrected chi connectivity index (χ0v) is 18.2. The van der Waals surface area contributed by atoms with Crippen LogP contribution in [0.1, 0.15) is 48.0 Å². The maximum absolute atomic E-state index is 12.1. The summed E-state index contributed by atoms with van der Waals surface area (Å²) < 4.78 is 35.1. The first kappa shape index (κ1) is 23.2. The third-order valence-electron chi connectivity index (χ3n) is 5.57. The third-order valence-corrected chi connectivity index (χ3v) is 7.01. The Hall–Kier alpha value is -0.0500. The molecule has 8 nitrogen and oxygen atoms in total. The molecule has 1 heterocycles. The molecule has 0 aromatic carbocycles. The van der Waals surface area contributed by atoms with E-state index in [4.69, 9.17) is 24.5 Å². The summed E-state index contributed by atoms with van der Waals surface area (Å²) in [4.78, 5) is 0. The second kappa shape index (κ2) is 8.76. The number of aliphatic hydroxyl groups excluding tert-OH is 2. The minimum absolute atomic E-state index is 0.118. The molecule has 0 radical (unpaired) electrons. The van der Waals surface area contributed by atoms with Gasteiger partial charge >= 0.3 is 0 Å². The average Bonchev–Trinajstić information content (AvgIpc) is 3.10. The Kier molecular flexibility index (Phi) is 7.53. The summed E-state index contributed by atoms with van der Waals surface area (Å²) in [7, 11) is -2.39. The van der Waals surface area contributed by atoms with Crippen molar-refractivity contribution in [2.75, 3.05) is 13.2 Å². The molecule has 0 aromatic rings. The highest BCUT2D eigenvalue weighted by Crippen LogP contribution is 2.59. The molecule has 160 valence electrons. The Balaban J connectivity index is 1.97. The van der Waals surface area contributed by atoms with E-state index < -0.39 is 45.3 Å². The zero-order chi connectivity index (χ0) is 20.6. The summed E-state index contributed by atoms with van der Waals surface area (Å²) in [5, 5.41) is 20.2. The maximum Gasteiger partial charge on any atom is 0.194 e. The monoisotopic (exact) mass is 409 g/mol. The van der Waals surface area contributed by atoms with Gasteiger partial charge in [0, 0.05) is 11.1 Å². The summed E-state index contributed by atoms with van der Waals surface area (Å²) in [5.74, 6) is 0. The third kappa shape index (κ3) is 5.11. The summed E-state index contributed by atoms with van der Waals surface area (Å²) in [6, 6.07) is -0.876. The van der Waals surface area contributed by atoms with Gasteiger partial charge in [0.1, 0.15) is 18.3 Å². The Bertz CT molecular complexity index is 532. The van der Waals surface area contributed by atoms with Gasteiger partial charge in [-0.3, -0.25) is 4.57 Å². The van der Waals surface area contributed by atoms with Crippen molar-refractivity contribution in [1.29, 1.82) is 0 Å². The van der Waals surface area contributed by atoms with Gasteiger partial charge in [-0.2, -0.15) is 0 Å². The lowest BCUT2D eigenvalue weighted by Gasteiger charge is -2.42. The predicted octanol–water partition coefficient (Wildman–Crippen LogP) is 1.27. The highest BCUT2D eigenvalue weighted by molar-refractivity contribution is 7.39. The Labute approximate surface area is 162 Å². The topological polar surface area (TPSA) is 120 Å². The van der Waals surface area contributed by atoms with Crippen LogP contribution in [0.25, 0.3) is 0 Å². The summed E-state index contributed by atoms with van der Waals surface area (Å²) in [6.45, 7) is 11.6. The minimum Gasteiger partial charge on any atom is -0.394 e. The van der Waals surface area contributed by atoms with Crippen LogP contribution >= 0.6 is 8.03 Å². The van der Waals surface area contributed by atoms with E-state index in [1.165, 1.54) is 0 Å². The van der Waals surface area contributed by atoms with Crippen LogP contribution in [0.5, 0.6) is 0 Å². The van der Waals surface area contributed by atoms with Crippen molar-refractivity contribution in [2.24, 2.45) is 11.1 Å². The lowest BCUT2D eigenvalue weighted by atomic mass is 9.97. The molecule has 27 heavy (non-hydrogen) atoms. The first-order valence-electron chi connectivity index (χ1n) is 9.64. The van der Waals surface area contributed by atoms with E-state index in [1.807, 2.05) is 13.8 Å². The van der Waals surface area contributed by atoms with E-state index in [0.29, 0.717) is 6.61 Å². The molecule has 1 saturated heterocycles. The second-order valence-electron chi connectivity index (χ2n) is 8.80. The van der Waals surface area contributed by atoms with Crippen LogP contribution in [0.4, 0.5) is 0 Å². The number of aliphatic hydroxyl groups is 2. The van der Waals surface area contributed by atoms with Crippen LogP contribution in [0.3, 0.4) is 0 Å². The van der Waals surface area contributed by atoms with Crippen molar-refractivity contribution >= 4 is 8.03 Å². The van der Waals surface area contributed by atoms with Gasteiger partial charge in [0.05, 0.1) is 31.0 Å². The fraction of sp³-hybridized carbons (Fsp3) is 1.00. The van der Waals surface area contributed by atoms with E-state index in [0.717, 1.165) is 6.42 Å². The molecule has 4 N–H and O–H groups in total. The molecule has 2 aliphatic rings. The van der Waals surface area contributed by atoms with E-state index in [-0.39, 0.29) is 22.8 Å².